The molecule has 17 atom stereocenters. The van der Waals surface area contributed by atoms with Crippen LogP contribution in [0.1, 0.15) is 109 Å². The van der Waals surface area contributed by atoms with Gasteiger partial charge in [0.25, 0.3) is 0 Å². The van der Waals surface area contributed by atoms with Crippen LogP contribution >= 0.6 is 0 Å². The molecular formula is C45H77NO8. The predicted octanol–water partition coefficient (Wildman–Crippen LogP) is 8.66. The zero-order valence-corrected chi connectivity index (χ0v) is 36.3. The van der Waals surface area contributed by atoms with E-state index in [4.69, 9.17) is 28.4 Å². The minimum Gasteiger partial charge on any atom is -0.462 e. The number of esters is 1. The molecule has 2 fully saturated rings. The average Bonchev–Trinajstić information content (AvgIpc) is 3.13. The zero-order valence-electron chi connectivity index (χ0n) is 36.3. The molecule has 3 rings (SSSR count). The first-order valence-electron chi connectivity index (χ1n) is 21.0. The number of allylic oxidation sites excluding steroid dienone is 3. The van der Waals surface area contributed by atoms with Crippen molar-refractivity contribution in [3.8, 4) is 0 Å². The maximum atomic E-state index is 14.0. The highest BCUT2D eigenvalue weighted by Crippen LogP contribution is 2.39. The van der Waals surface area contributed by atoms with Crippen LogP contribution in [-0.4, -0.2) is 93.1 Å². The van der Waals surface area contributed by atoms with Gasteiger partial charge < -0.3 is 33.3 Å². The third-order valence-corrected chi connectivity index (χ3v) is 13.3. The first kappa shape index (κ1) is 46.5. The maximum absolute atomic E-state index is 14.0. The molecule has 0 amide bonds. The van der Waals surface area contributed by atoms with E-state index < -0.39 is 18.5 Å². The normalized spacial score (nSPS) is 42.6. The smallest absolute Gasteiger partial charge is 0.308 e. The Hall–Kier alpha value is -1.88. The molecule has 0 spiro atoms. The van der Waals surface area contributed by atoms with Crippen molar-refractivity contribution in [3.63, 3.8) is 0 Å². The summed E-state index contributed by atoms with van der Waals surface area (Å²) in [6.07, 6.45) is 7.36. The molecule has 3 aliphatic rings. The van der Waals surface area contributed by atoms with Crippen LogP contribution in [0, 0.1) is 53.3 Å². The summed E-state index contributed by atoms with van der Waals surface area (Å²) >= 11 is 0. The van der Waals surface area contributed by atoms with Crippen molar-refractivity contribution in [1.82, 2.24) is 4.90 Å². The summed E-state index contributed by atoms with van der Waals surface area (Å²) in [6, 6.07) is 0.260. The first-order chi connectivity index (χ1) is 25.4. The topological polar surface area (TPSA) is 92.8 Å². The van der Waals surface area contributed by atoms with Gasteiger partial charge in [-0.2, -0.15) is 0 Å². The van der Waals surface area contributed by atoms with Gasteiger partial charge in [-0.15, -0.1) is 6.58 Å². The number of nitrogens with zero attached hydrogens (tertiary/aromatic N) is 1. The molecule has 9 heteroatoms. The summed E-state index contributed by atoms with van der Waals surface area (Å²) in [5.41, 5.74) is 0.912. The second-order valence-corrected chi connectivity index (χ2v) is 17.4. The summed E-state index contributed by atoms with van der Waals surface area (Å²) in [7, 11) is 4.23. The Bertz CT molecular complexity index is 1250. The number of carbonyl (C=O) groups is 2. The summed E-state index contributed by atoms with van der Waals surface area (Å²) in [4.78, 5) is 30.0. The van der Waals surface area contributed by atoms with Crippen LogP contribution in [0.15, 0.2) is 36.5 Å². The number of ether oxygens (including phenoxy) is 6. The molecule has 9 nitrogen and oxygen atoms in total. The Morgan fingerprint density at radius 2 is 1.46 bits per heavy atom. The number of carbonyl (C=O) groups excluding carboxylic acids is 2. The molecule has 2 saturated heterocycles. The molecule has 310 valence electrons. The minimum absolute atomic E-state index is 0.00366. The van der Waals surface area contributed by atoms with E-state index in [2.05, 4.69) is 94.0 Å². The van der Waals surface area contributed by atoms with Crippen LogP contribution < -0.4 is 0 Å². The van der Waals surface area contributed by atoms with Crippen molar-refractivity contribution in [1.29, 1.82) is 0 Å². The molecule has 0 aliphatic carbocycles. The Kier molecular flexibility index (Phi) is 18.6. The fourth-order valence-corrected chi connectivity index (χ4v) is 9.09. The summed E-state index contributed by atoms with van der Waals surface area (Å²) in [5.74, 6) is 0.522. The van der Waals surface area contributed by atoms with E-state index in [1.54, 1.807) is 12.2 Å². The molecule has 0 unspecified atom stereocenters. The van der Waals surface area contributed by atoms with Crippen molar-refractivity contribution >= 4 is 11.8 Å². The quantitative estimate of drug-likeness (QED) is 0.152. The van der Waals surface area contributed by atoms with E-state index in [9.17, 15) is 9.59 Å². The van der Waals surface area contributed by atoms with E-state index in [1.165, 1.54) is 0 Å². The van der Waals surface area contributed by atoms with Crippen molar-refractivity contribution in [2.75, 3.05) is 27.3 Å². The van der Waals surface area contributed by atoms with Gasteiger partial charge in [-0.05, 0) is 77.5 Å². The summed E-state index contributed by atoms with van der Waals surface area (Å²) < 4.78 is 39.3. The number of hydrogen-bond donors (Lipinski definition) is 0. The lowest BCUT2D eigenvalue weighted by molar-refractivity contribution is -0.278. The molecule has 0 radical (unpaired) electrons. The van der Waals surface area contributed by atoms with Crippen molar-refractivity contribution in [2.24, 2.45) is 53.3 Å². The van der Waals surface area contributed by atoms with Gasteiger partial charge in [0, 0.05) is 35.6 Å². The second-order valence-electron chi connectivity index (χ2n) is 17.4. The van der Waals surface area contributed by atoms with E-state index in [0.717, 1.165) is 12.0 Å². The molecule has 54 heavy (non-hydrogen) atoms. The molecule has 0 bridgehead atoms. The standard InChI is InChI=1S/C45H77NO8/c1-16-21-49-40-24-41(48)53-39(18-3)37(25-50-44-30(8)28(6)29(7)34(12)51-44)22-26(4)19-20-38(47)27(5)23-36(17-2)43(32(40)10)54-45-33(11)42(46(14)15)31(9)35(13)52-45/h16,19-20,22,27-37,39-40,42-45H,1,17-18,21,23-25H2,2-15H3/b20-19+,26-22?/t27-,28-,29+,30-,31-,32+,33-,34-,35-,36+,37-,39-,40-,42+,43-,44-,45+/m1/s1. The Labute approximate surface area is 328 Å². The largest absolute Gasteiger partial charge is 0.462 e. The highest BCUT2D eigenvalue weighted by atomic mass is 16.7. The zero-order chi connectivity index (χ0) is 40.4. The van der Waals surface area contributed by atoms with Gasteiger partial charge in [-0.25, -0.2) is 0 Å². The number of ketones is 1. The van der Waals surface area contributed by atoms with Gasteiger partial charge in [-0.1, -0.05) is 92.5 Å². The molecule has 0 saturated carbocycles. The third kappa shape index (κ3) is 12.1. The van der Waals surface area contributed by atoms with Crippen LogP contribution in [0.4, 0.5) is 0 Å². The Balaban J connectivity index is 2.01. The van der Waals surface area contributed by atoms with E-state index in [0.29, 0.717) is 37.2 Å². The lowest BCUT2D eigenvalue weighted by atomic mass is 9.79. The van der Waals surface area contributed by atoms with Crippen LogP contribution in [-0.2, 0) is 38.0 Å². The van der Waals surface area contributed by atoms with E-state index in [1.807, 2.05) is 26.8 Å². The second kappa shape index (κ2) is 21.6. The minimum atomic E-state index is -0.515. The van der Waals surface area contributed by atoms with Gasteiger partial charge in [0.2, 0.25) is 0 Å². The molecule has 0 aromatic carbocycles. The molecular weight excluding hydrogens is 682 g/mol. The van der Waals surface area contributed by atoms with Gasteiger partial charge in [-0.3, -0.25) is 9.59 Å². The fourth-order valence-electron chi connectivity index (χ4n) is 9.09. The van der Waals surface area contributed by atoms with Gasteiger partial charge in [0.1, 0.15) is 6.10 Å². The maximum Gasteiger partial charge on any atom is 0.308 e. The first-order valence-corrected chi connectivity index (χ1v) is 21.0. The lowest BCUT2D eigenvalue weighted by Gasteiger charge is -2.48. The van der Waals surface area contributed by atoms with Crippen molar-refractivity contribution in [3.05, 3.63) is 36.5 Å². The molecule has 0 aromatic heterocycles. The Morgan fingerprint density at radius 3 is 2.07 bits per heavy atom. The number of hydrogen-bond acceptors (Lipinski definition) is 9. The summed E-state index contributed by atoms with van der Waals surface area (Å²) in [5, 5.41) is 0. The molecule has 0 N–H and O–H groups in total. The molecule has 3 heterocycles. The SMILES string of the molecule is C=CCO[C@@H]1CC(=O)O[C@H](CC)[C@@H](CO[C@@H]2O[C@H](C)[C@@H](C)[C@@H](C)[C@H]2C)C=C(C)/C=C/C(=O)[C@H](C)C[C@H](CC)[C@H](O[C@@H]2O[C@H](C)[C@@H](C)[C@H](N(C)C)[C@H]2C)[C@H]1C. The Morgan fingerprint density at radius 1 is 0.815 bits per heavy atom. The van der Waals surface area contributed by atoms with Crippen molar-refractivity contribution in [2.45, 2.75) is 158 Å². The number of cyclic esters (lactones) is 1. The fraction of sp³-hybridized carbons (Fsp3) is 0.822. The van der Waals surface area contributed by atoms with Gasteiger partial charge in [0.05, 0.1) is 44.1 Å². The van der Waals surface area contributed by atoms with Crippen LogP contribution in [0.3, 0.4) is 0 Å². The van der Waals surface area contributed by atoms with E-state index in [-0.39, 0.29) is 90.9 Å². The van der Waals surface area contributed by atoms with E-state index >= 15 is 0 Å². The van der Waals surface area contributed by atoms with Gasteiger partial charge >= 0.3 is 5.97 Å². The van der Waals surface area contributed by atoms with Gasteiger partial charge in [0.15, 0.2) is 18.4 Å². The van der Waals surface area contributed by atoms with Crippen LogP contribution in [0.2, 0.25) is 0 Å². The average molecular weight is 760 g/mol. The molecule has 3 aliphatic heterocycles. The number of rotatable bonds is 11. The predicted molar refractivity (Wildman–Crippen MR) is 216 cm³/mol. The highest BCUT2D eigenvalue weighted by Gasteiger charge is 2.45. The van der Waals surface area contributed by atoms with Crippen LogP contribution in [0.5, 0.6) is 0 Å². The lowest BCUT2D eigenvalue weighted by Crippen LogP contribution is -2.56. The van der Waals surface area contributed by atoms with Crippen molar-refractivity contribution < 1.29 is 38.0 Å². The monoisotopic (exact) mass is 760 g/mol. The highest BCUT2D eigenvalue weighted by molar-refractivity contribution is 5.91. The molecule has 0 aromatic rings. The summed E-state index contributed by atoms with van der Waals surface area (Å²) in [6.45, 7) is 30.1. The van der Waals surface area contributed by atoms with Crippen LogP contribution in [0.25, 0.3) is 0 Å². The third-order valence-electron chi connectivity index (χ3n) is 13.3.